The molecule has 0 fully saturated rings. The predicted molar refractivity (Wildman–Crippen MR) is 67.3 cm³/mol. The van der Waals surface area contributed by atoms with Crippen LogP contribution in [0.1, 0.15) is 18.4 Å². The number of pyridine rings is 1. The van der Waals surface area contributed by atoms with Crippen molar-refractivity contribution in [1.82, 2.24) is 4.98 Å². The zero-order valence-corrected chi connectivity index (χ0v) is 9.94. The van der Waals surface area contributed by atoms with E-state index in [9.17, 15) is 4.79 Å². The number of nitrogens with zero attached hydrogens (tertiary/aromatic N) is 1. The molecule has 0 saturated heterocycles. The third kappa shape index (κ3) is 2.74. The second kappa shape index (κ2) is 5.15. The van der Waals surface area contributed by atoms with Gasteiger partial charge in [-0.3, -0.25) is 9.78 Å². The van der Waals surface area contributed by atoms with Gasteiger partial charge < -0.3 is 5.11 Å². The molecule has 0 radical (unpaired) electrons. The Morgan fingerprint density at radius 1 is 1.35 bits per heavy atom. The highest BCUT2D eigenvalue weighted by Gasteiger charge is 2.08. The largest absolute Gasteiger partial charge is 0.481 e. The van der Waals surface area contributed by atoms with Gasteiger partial charge in [0.1, 0.15) is 0 Å². The number of carboxylic acids is 1. The average Bonchev–Trinajstić information content (AvgIpc) is 2.32. The van der Waals surface area contributed by atoms with Gasteiger partial charge in [0.15, 0.2) is 0 Å². The molecule has 4 heteroatoms. The van der Waals surface area contributed by atoms with Crippen molar-refractivity contribution >= 4 is 28.5 Å². The number of carboxylic acid groups (broad SMARTS) is 1. The van der Waals surface area contributed by atoms with Crippen molar-refractivity contribution < 1.29 is 9.90 Å². The molecule has 2 aromatic rings. The van der Waals surface area contributed by atoms with Crippen LogP contribution in [0.5, 0.6) is 0 Å². The van der Waals surface area contributed by atoms with Crippen LogP contribution in [0.3, 0.4) is 0 Å². The molecular formula is C13H12ClNO2. The van der Waals surface area contributed by atoms with Crippen LogP contribution in [0.25, 0.3) is 10.9 Å². The van der Waals surface area contributed by atoms with Crippen molar-refractivity contribution in [3.05, 3.63) is 41.0 Å². The summed E-state index contributed by atoms with van der Waals surface area (Å²) in [7, 11) is 0. The third-order valence-corrected chi connectivity index (χ3v) is 2.99. The average molecular weight is 250 g/mol. The van der Waals surface area contributed by atoms with Crippen molar-refractivity contribution in [3.63, 3.8) is 0 Å². The lowest BCUT2D eigenvalue weighted by molar-refractivity contribution is -0.137. The number of aliphatic carboxylic acids is 1. The van der Waals surface area contributed by atoms with E-state index in [1.54, 1.807) is 6.20 Å². The van der Waals surface area contributed by atoms with Crippen LogP contribution in [-0.2, 0) is 11.2 Å². The highest BCUT2D eigenvalue weighted by Crippen LogP contribution is 2.25. The Kier molecular flexibility index (Phi) is 3.59. The highest BCUT2D eigenvalue weighted by molar-refractivity contribution is 6.32. The summed E-state index contributed by atoms with van der Waals surface area (Å²) in [6.45, 7) is 0. The quantitative estimate of drug-likeness (QED) is 0.905. The van der Waals surface area contributed by atoms with E-state index in [4.69, 9.17) is 16.7 Å². The van der Waals surface area contributed by atoms with Gasteiger partial charge in [0.25, 0.3) is 0 Å². The molecule has 1 aromatic carbocycles. The Labute approximate surface area is 104 Å². The number of rotatable bonds is 4. The molecule has 0 saturated carbocycles. The highest BCUT2D eigenvalue weighted by atomic mass is 35.5. The van der Waals surface area contributed by atoms with Crippen LogP contribution >= 0.6 is 11.6 Å². The van der Waals surface area contributed by atoms with Gasteiger partial charge in [-0.25, -0.2) is 0 Å². The molecule has 0 amide bonds. The third-order valence-electron chi connectivity index (χ3n) is 2.64. The van der Waals surface area contributed by atoms with E-state index in [1.807, 2.05) is 24.3 Å². The van der Waals surface area contributed by atoms with E-state index >= 15 is 0 Å². The summed E-state index contributed by atoms with van der Waals surface area (Å²) in [5, 5.41) is 10.3. The Hall–Kier alpha value is -1.61. The Morgan fingerprint density at radius 2 is 2.18 bits per heavy atom. The molecule has 0 atom stereocenters. The van der Waals surface area contributed by atoms with Gasteiger partial charge in [-0.1, -0.05) is 23.7 Å². The van der Waals surface area contributed by atoms with Crippen molar-refractivity contribution in [2.45, 2.75) is 19.3 Å². The molecule has 3 nitrogen and oxygen atoms in total. The van der Waals surface area contributed by atoms with E-state index in [1.165, 1.54) is 0 Å². The maximum absolute atomic E-state index is 10.5. The van der Waals surface area contributed by atoms with Gasteiger partial charge in [0, 0.05) is 23.0 Å². The van der Waals surface area contributed by atoms with E-state index in [0.29, 0.717) is 17.9 Å². The number of hydrogen-bond donors (Lipinski definition) is 1. The first-order valence-electron chi connectivity index (χ1n) is 5.42. The minimum Gasteiger partial charge on any atom is -0.481 e. The Bertz CT molecular complexity index is 554. The zero-order chi connectivity index (χ0) is 12.3. The monoisotopic (exact) mass is 249 g/mol. The van der Waals surface area contributed by atoms with Crippen LogP contribution in [0.2, 0.25) is 5.02 Å². The second-order valence-corrected chi connectivity index (χ2v) is 4.26. The lowest BCUT2D eigenvalue weighted by Crippen LogP contribution is -1.97. The van der Waals surface area contributed by atoms with Gasteiger partial charge >= 0.3 is 5.97 Å². The molecule has 0 aliphatic heterocycles. The topological polar surface area (TPSA) is 50.2 Å². The minimum atomic E-state index is -0.783. The lowest BCUT2D eigenvalue weighted by atomic mass is 10.0. The smallest absolute Gasteiger partial charge is 0.303 e. The molecule has 0 unspecified atom stereocenters. The maximum Gasteiger partial charge on any atom is 0.303 e. The van der Waals surface area contributed by atoms with Crippen molar-refractivity contribution in [1.29, 1.82) is 0 Å². The molecule has 1 heterocycles. The first-order valence-corrected chi connectivity index (χ1v) is 5.80. The number of halogens is 1. The first-order chi connectivity index (χ1) is 8.18. The van der Waals surface area contributed by atoms with Gasteiger partial charge in [-0.05, 0) is 30.5 Å². The molecule has 0 bridgehead atoms. The predicted octanol–water partition coefficient (Wildman–Crippen LogP) is 3.30. The maximum atomic E-state index is 10.5. The summed E-state index contributed by atoms with van der Waals surface area (Å²) in [4.78, 5) is 14.8. The normalized spacial score (nSPS) is 10.6. The summed E-state index contributed by atoms with van der Waals surface area (Å²) in [6, 6.07) is 7.60. The second-order valence-electron chi connectivity index (χ2n) is 3.85. The van der Waals surface area contributed by atoms with Gasteiger partial charge in [-0.2, -0.15) is 0 Å². The van der Waals surface area contributed by atoms with E-state index in [-0.39, 0.29) is 6.42 Å². The molecule has 0 spiro atoms. The van der Waals surface area contributed by atoms with Crippen molar-refractivity contribution in [2.24, 2.45) is 0 Å². The van der Waals surface area contributed by atoms with E-state index in [2.05, 4.69) is 4.98 Å². The number of aromatic nitrogens is 1. The molecule has 0 aliphatic rings. The SMILES string of the molecule is O=C(O)CCCc1c(Cl)ccc2cccnc12. The zero-order valence-electron chi connectivity index (χ0n) is 9.19. The number of aryl methyl sites for hydroxylation is 1. The van der Waals surface area contributed by atoms with Gasteiger partial charge in [0.05, 0.1) is 5.52 Å². The number of benzene rings is 1. The van der Waals surface area contributed by atoms with Gasteiger partial charge in [0.2, 0.25) is 0 Å². The van der Waals surface area contributed by atoms with Crippen LogP contribution < -0.4 is 0 Å². The summed E-state index contributed by atoms with van der Waals surface area (Å²) in [5.41, 5.74) is 1.80. The molecule has 88 valence electrons. The number of carbonyl (C=O) groups is 1. The minimum absolute atomic E-state index is 0.152. The summed E-state index contributed by atoms with van der Waals surface area (Å²) >= 11 is 6.13. The molecule has 1 N–H and O–H groups in total. The number of hydrogen-bond acceptors (Lipinski definition) is 2. The van der Waals surface area contributed by atoms with Crippen LogP contribution in [0, 0.1) is 0 Å². The standard InChI is InChI=1S/C13H12ClNO2/c14-11-7-6-9-3-2-8-15-13(9)10(11)4-1-5-12(16)17/h2-3,6-8H,1,4-5H2,(H,16,17). The molecule has 0 aliphatic carbocycles. The first kappa shape index (κ1) is 11.9. The van der Waals surface area contributed by atoms with E-state index in [0.717, 1.165) is 16.5 Å². The van der Waals surface area contributed by atoms with Crippen molar-refractivity contribution in [2.75, 3.05) is 0 Å². The fourth-order valence-electron chi connectivity index (χ4n) is 1.84. The Balaban J connectivity index is 2.31. The molecule has 2 rings (SSSR count). The van der Waals surface area contributed by atoms with Crippen LogP contribution in [0.15, 0.2) is 30.5 Å². The number of fused-ring (bicyclic) bond motifs is 1. The summed E-state index contributed by atoms with van der Waals surface area (Å²) in [5.74, 6) is -0.783. The van der Waals surface area contributed by atoms with Crippen LogP contribution in [0.4, 0.5) is 0 Å². The van der Waals surface area contributed by atoms with Crippen LogP contribution in [-0.4, -0.2) is 16.1 Å². The van der Waals surface area contributed by atoms with Crippen molar-refractivity contribution in [3.8, 4) is 0 Å². The molecule has 1 aromatic heterocycles. The lowest BCUT2D eigenvalue weighted by Gasteiger charge is -2.07. The summed E-state index contributed by atoms with van der Waals surface area (Å²) in [6.07, 6.45) is 3.09. The molecular weight excluding hydrogens is 238 g/mol. The summed E-state index contributed by atoms with van der Waals surface area (Å²) < 4.78 is 0. The fourth-order valence-corrected chi connectivity index (χ4v) is 2.08. The Morgan fingerprint density at radius 3 is 2.94 bits per heavy atom. The fraction of sp³-hybridized carbons (Fsp3) is 0.231. The van der Waals surface area contributed by atoms with Gasteiger partial charge in [-0.15, -0.1) is 0 Å². The van der Waals surface area contributed by atoms with E-state index < -0.39 is 5.97 Å². The molecule has 17 heavy (non-hydrogen) atoms.